The zero-order valence-electron chi connectivity index (χ0n) is 8.64. The molecule has 0 radical (unpaired) electrons. The fraction of sp³-hybridized carbons (Fsp3) is 0.200. The Balaban J connectivity index is 2.64. The number of fused-ring (bicyclic) bond motifs is 1. The van der Waals surface area contributed by atoms with Crippen molar-refractivity contribution in [2.24, 2.45) is 0 Å². The van der Waals surface area contributed by atoms with Crippen molar-refractivity contribution in [2.45, 2.75) is 0 Å². The summed E-state index contributed by atoms with van der Waals surface area (Å²) in [5, 5.41) is 18.9. The van der Waals surface area contributed by atoms with Crippen LogP contribution in [0.1, 0.15) is 0 Å². The van der Waals surface area contributed by atoms with Gasteiger partial charge in [0, 0.05) is 25.2 Å². The van der Waals surface area contributed by atoms with Crippen LogP contribution in [0.5, 0.6) is 0 Å². The third kappa shape index (κ3) is 1.71. The standard InChI is InChI=1S/C10H12BNO3/c1-12(2)8-4-3-5-9-7(8)6-10(15-9)11(13)14/h3-6,13-14H,1-2H3. The average molecular weight is 205 g/mol. The van der Waals surface area contributed by atoms with E-state index in [1.165, 1.54) is 0 Å². The normalized spacial score (nSPS) is 10.7. The molecule has 0 amide bonds. The van der Waals surface area contributed by atoms with E-state index in [2.05, 4.69) is 0 Å². The van der Waals surface area contributed by atoms with Crippen LogP contribution in [0.4, 0.5) is 5.69 Å². The van der Waals surface area contributed by atoms with E-state index in [4.69, 9.17) is 14.5 Å². The van der Waals surface area contributed by atoms with E-state index in [0.717, 1.165) is 11.1 Å². The van der Waals surface area contributed by atoms with Gasteiger partial charge in [-0.2, -0.15) is 0 Å². The summed E-state index contributed by atoms with van der Waals surface area (Å²) in [6, 6.07) is 7.27. The fourth-order valence-corrected chi connectivity index (χ4v) is 1.58. The van der Waals surface area contributed by atoms with Gasteiger partial charge in [0.2, 0.25) is 0 Å². The molecular formula is C10H12BNO3. The number of anilines is 1. The number of rotatable bonds is 2. The number of benzene rings is 1. The molecule has 0 aliphatic carbocycles. The summed E-state index contributed by atoms with van der Waals surface area (Å²) in [5.74, 6) is 0. The Hall–Kier alpha value is -1.46. The van der Waals surface area contributed by atoms with Crippen molar-refractivity contribution >= 4 is 29.4 Å². The third-order valence-electron chi connectivity index (χ3n) is 2.29. The maximum atomic E-state index is 9.00. The second-order valence-corrected chi connectivity index (χ2v) is 3.61. The lowest BCUT2D eigenvalue weighted by Crippen LogP contribution is -2.27. The van der Waals surface area contributed by atoms with E-state index >= 15 is 0 Å². The minimum Gasteiger partial charge on any atom is -0.465 e. The van der Waals surface area contributed by atoms with E-state index in [0.29, 0.717) is 5.58 Å². The molecule has 0 unspecified atom stereocenters. The van der Waals surface area contributed by atoms with Gasteiger partial charge in [0.15, 0.2) is 0 Å². The summed E-state index contributed by atoms with van der Waals surface area (Å²) in [5.41, 5.74) is 1.81. The highest BCUT2D eigenvalue weighted by molar-refractivity contribution is 6.57. The molecule has 1 aromatic heterocycles. The minimum absolute atomic E-state index is 0.166. The first kappa shape index (κ1) is 10.1. The summed E-state index contributed by atoms with van der Waals surface area (Å²) in [6.07, 6.45) is 0. The van der Waals surface area contributed by atoms with Gasteiger partial charge in [-0.25, -0.2) is 0 Å². The zero-order valence-corrected chi connectivity index (χ0v) is 8.64. The lowest BCUT2D eigenvalue weighted by molar-refractivity contribution is 0.412. The monoisotopic (exact) mass is 205 g/mol. The number of furan rings is 1. The number of nitrogens with zero attached hydrogens (tertiary/aromatic N) is 1. The summed E-state index contributed by atoms with van der Waals surface area (Å²) < 4.78 is 5.29. The molecule has 0 saturated heterocycles. The molecule has 0 bridgehead atoms. The van der Waals surface area contributed by atoms with Gasteiger partial charge in [-0.15, -0.1) is 0 Å². The van der Waals surface area contributed by atoms with Crippen LogP contribution < -0.4 is 10.6 Å². The van der Waals surface area contributed by atoms with Gasteiger partial charge in [-0.3, -0.25) is 0 Å². The second kappa shape index (κ2) is 3.60. The lowest BCUT2D eigenvalue weighted by atomic mass is 9.88. The predicted molar refractivity (Wildman–Crippen MR) is 60.4 cm³/mol. The Morgan fingerprint density at radius 3 is 2.60 bits per heavy atom. The van der Waals surface area contributed by atoms with Crippen LogP contribution in [-0.4, -0.2) is 31.3 Å². The smallest absolute Gasteiger partial charge is 0.465 e. The molecule has 4 nitrogen and oxygen atoms in total. The van der Waals surface area contributed by atoms with E-state index in [-0.39, 0.29) is 5.66 Å². The quantitative estimate of drug-likeness (QED) is 0.686. The number of hydrogen-bond acceptors (Lipinski definition) is 4. The highest BCUT2D eigenvalue weighted by Gasteiger charge is 2.18. The summed E-state index contributed by atoms with van der Waals surface area (Å²) in [6.45, 7) is 0. The minimum atomic E-state index is -1.56. The molecule has 2 aromatic rings. The van der Waals surface area contributed by atoms with E-state index < -0.39 is 7.12 Å². The maximum absolute atomic E-state index is 9.00. The van der Waals surface area contributed by atoms with Crippen LogP contribution in [0.25, 0.3) is 11.0 Å². The first-order valence-corrected chi connectivity index (χ1v) is 4.65. The molecule has 0 aliphatic rings. The second-order valence-electron chi connectivity index (χ2n) is 3.61. The average Bonchev–Trinajstić information content (AvgIpc) is 2.60. The molecule has 0 spiro atoms. The van der Waals surface area contributed by atoms with E-state index in [1.807, 2.05) is 31.1 Å². The SMILES string of the molecule is CN(C)c1cccc2oc(B(O)O)cc12. The van der Waals surface area contributed by atoms with Crippen LogP contribution in [0.15, 0.2) is 28.7 Å². The largest absolute Gasteiger partial charge is 0.526 e. The maximum Gasteiger partial charge on any atom is 0.526 e. The van der Waals surface area contributed by atoms with Gasteiger partial charge < -0.3 is 19.4 Å². The molecule has 78 valence electrons. The summed E-state index contributed by atoms with van der Waals surface area (Å²) in [7, 11) is 2.29. The van der Waals surface area contributed by atoms with Crippen molar-refractivity contribution in [1.82, 2.24) is 0 Å². The molecule has 0 fully saturated rings. The highest BCUT2D eigenvalue weighted by atomic mass is 16.4. The highest BCUT2D eigenvalue weighted by Crippen LogP contribution is 2.25. The summed E-state index contributed by atoms with van der Waals surface area (Å²) >= 11 is 0. The van der Waals surface area contributed by atoms with E-state index in [9.17, 15) is 0 Å². The first-order valence-electron chi connectivity index (χ1n) is 4.65. The molecule has 15 heavy (non-hydrogen) atoms. The third-order valence-corrected chi connectivity index (χ3v) is 2.29. The molecule has 0 saturated carbocycles. The van der Waals surface area contributed by atoms with Crippen LogP contribution in [0, 0.1) is 0 Å². The Bertz CT molecular complexity index is 478. The van der Waals surface area contributed by atoms with Crippen molar-refractivity contribution in [3.63, 3.8) is 0 Å². The lowest BCUT2D eigenvalue weighted by Gasteiger charge is -2.12. The molecule has 0 atom stereocenters. The Kier molecular flexibility index (Phi) is 2.42. The van der Waals surface area contributed by atoms with Crippen molar-refractivity contribution in [1.29, 1.82) is 0 Å². The van der Waals surface area contributed by atoms with Crippen molar-refractivity contribution in [3.8, 4) is 0 Å². The topological polar surface area (TPSA) is 56.8 Å². The molecular weight excluding hydrogens is 193 g/mol. The van der Waals surface area contributed by atoms with Gasteiger partial charge in [0.25, 0.3) is 0 Å². The predicted octanol–water partition coefficient (Wildman–Crippen LogP) is 0.179. The van der Waals surface area contributed by atoms with Gasteiger partial charge in [0.05, 0.1) is 0 Å². The molecule has 0 aliphatic heterocycles. The van der Waals surface area contributed by atoms with Crippen LogP contribution >= 0.6 is 0 Å². The molecule has 2 rings (SSSR count). The Morgan fingerprint density at radius 2 is 2.00 bits per heavy atom. The molecule has 2 N–H and O–H groups in total. The van der Waals surface area contributed by atoms with Gasteiger partial charge in [0.1, 0.15) is 11.2 Å². The zero-order chi connectivity index (χ0) is 11.0. The summed E-state index contributed by atoms with van der Waals surface area (Å²) in [4.78, 5) is 1.95. The van der Waals surface area contributed by atoms with Gasteiger partial charge >= 0.3 is 7.12 Å². The van der Waals surface area contributed by atoms with E-state index in [1.54, 1.807) is 12.1 Å². The first-order chi connectivity index (χ1) is 7.09. The fourth-order valence-electron chi connectivity index (χ4n) is 1.58. The van der Waals surface area contributed by atoms with Crippen LogP contribution in [0.3, 0.4) is 0 Å². The molecule has 1 heterocycles. The Labute approximate surface area is 87.9 Å². The van der Waals surface area contributed by atoms with Crippen LogP contribution in [-0.2, 0) is 0 Å². The molecule has 1 aromatic carbocycles. The van der Waals surface area contributed by atoms with Crippen molar-refractivity contribution < 1.29 is 14.5 Å². The van der Waals surface area contributed by atoms with Crippen LogP contribution in [0.2, 0.25) is 0 Å². The van der Waals surface area contributed by atoms with Gasteiger partial charge in [-0.1, -0.05) is 6.07 Å². The van der Waals surface area contributed by atoms with Crippen molar-refractivity contribution in [2.75, 3.05) is 19.0 Å². The number of hydrogen-bond donors (Lipinski definition) is 2. The van der Waals surface area contributed by atoms with Gasteiger partial charge in [-0.05, 0) is 18.2 Å². The van der Waals surface area contributed by atoms with Crippen molar-refractivity contribution in [3.05, 3.63) is 24.3 Å². The molecule has 5 heteroatoms. The Morgan fingerprint density at radius 1 is 1.27 bits per heavy atom.